The van der Waals surface area contributed by atoms with Crippen LogP contribution in [-0.2, 0) is 23.7 Å². The summed E-state index contributed by atoms with van der Waals surface area (Å²) in [4.78, 5) is 0. The lowest BCUT2D eigenvalue weighted by Gasteiger charge is -2.63. The zero-order chi connectivity index (χ0) is 37.5. The fraction of sp³-hybridized carbons (Fsp3) is 0.947. The van der Waals surface area contributed by atoms with E-state index >= 15 is 0 Å². The largest absolute Gasteiger partial charge is 0.394 e. The van der Waals surface area contributed by atoms with Gasteiger partial charge in [-0.05, 0) is 85.4 Å². The van der Waals surface area contributed by atoms with Crippen LogP contribution < -0.4 is 0 Å². The summed E-state index contributed by atoms with van der Waals surface area (Å²) in [7, 11) is 0. The number of aliphatic hydroxyl groups excluding tert-OH is 8. The van der Waals surface area contributed by atoms with Crippen molar-refractivity contribution in [3.8, 4) is 0 Å². The fourth-order valence-corrected chi connectivity index (χ4v) is 12.3. The molecule has 7 rings (SSSR count). The van der Waals surface area contributed by atoms with Gasteiger partial charge in [0.15, 0.2) is 18.4 Å². The second-order valence-corrected chi connectivity index (χ2v) is 17.9. The van der Waals surface area contributed by atoms with Gasteiger partial charge in [-0.15, -0.1) is 0 Å². The van der Waals surface area contributed by atoms with Gasteiger partial charge in [-0.25, -0.2) is 0 Å². The molecule has 9 N–H and O–H groups in total. The predicted octanol–water partition coefficient (Wildman–Crippen LogP) is -0.0734. The Labute approximate surface area is 305 Å². The molecule has 7 fully saturated rings. The lowest BCUT2D eigenvalue weighted by atomic mass is 9.43. The van der Waals surface area contributed by atoms with E-state index in [1.807, 2.05) is 0 Å². The molecule has 4 saturated carbocycles. The lowest BCUT2D eigenvalue weighted by Crippen LogP contribution is -2.62. The normalized spacial score (nSPS) is 56.0. The van der Waals surface area contributed by atoms with Crippen LogP contribution in [0.4, 0.5) is 0 Å². The standard InChI is InChI=1S/C38H62O14/c1-17(15-48-34-33(46)31(44)30(43)26(14-39)50-34)7-10-38(47)18(2)28-25(52-38)13-23-21-6-5-19-11-20(40)12-27(37(19,4)22(21)8-9-36(23,28)3)51-35-32(45)29(42)24(41)16-49-35/h18-35,39-47H,1,5-16H2,2-4H3/t18-,19-,20+,21+,22-,23-,24-,25-,26+,27+,28-,29-,30+,31-,32+,33+,34+,35-,36-,37-,38+/m0/s1. The maximum Gasteiger partial charge on any atom is 0.187 e. The van der Waals surface area contributed by atoms with Crippen molar-refractivity contribution >= 4 is 0 Å². The molecule has 0 aromatic heterocycles. The molecule has 298 valence electrons. The van der Waals surface area contributed by atoms with Crippen molar-refractivity contribution in [2.75, 3.05) is 19.8 Å². The predicted molar refractivity (Wildman–Crippen MR) is 182 cm³/mol. The average molecular weight is 743 g/mol. The van der Waals surface area contributed by atoms with Crippen molar-refractivity contribution in [1.29, 1.82) is 0 Å². The van der Waals surface area contributed by atoms with E-state index in [1.54, 1.807) is 0 Å². The van der Waals surface area contributed by atoms with Crippen LogP contribution in [0.25, 0.3) is 0 Å². The second kappa shape index (κ2) is 14.6. The van der Waals surface area contributed by atoms with Crippen LogP contribution in [0.1, 0.15) is 78.6 Å². The zero-order valence-electron chi connectivity index (χ0n) is 30.7. The van der Waals surface area contributed by atoms with Gasteiger partial charge >= 0.3 is 0 Å². The van der Waals surface area contributed by atoms with Crippen molar-refractivity contribution in [2.24, 2.45) is 46.3 Å². The Kier molecular flexibility index (Phi) is 11.1. The number of hydrogen-bond donors (Lipinski definition) is 9. The molecule has 21 atom stereocenters. The minimum absolute atomic E-state index is 0.0151. The maximum atomic E-state index is 11.9. The summed E-state index contributed by atoms with van der Waals surface area (Å²) in [5.41, 5.74) is 0.311. The molecule has 0 bridgehead atoms. The third-order valence-corrected chi connectivity index (χ3v) is 15.3. The Bertz CT molecular complexity index is 1290. The molecule has 0 aromatic rings. The number of fused-ring (bicyclic) bond motifs is 7. The highest BCUT2D eigenvalue weighted by Gasteiger charge is 2.69. The monoisotopic (exact) mass is 742 g/mol. The van der Waals surface area contributed by atoms with Crippen molar-refractivity contribution in [3.63, 3.8) is 0 Å². The first-order valence-electron chi connectivity index (χ1n) is 19.5. The van der Waals surface area contributed by atoms with E-state index in [2.05, 4.69) is 27.4 Å². The van der Waals surface area contributed by atoms with Crippen molar-refractivity contribution in [1.82, 2.24) is 0 Å². The summed E-state index contributed by atoms with van der Waals surface area (Å²) in [6, 6.07) is 0. The molecule has 14 heteroatoms. The molecule has 4 aliphatic carbocycles. The van der Waals surface area contributed by atoms with E-state index in [4.69, 9.17) is 23.7 Å². The van der Waals surface area contributed by atoms with Gasteiger partial charge in [0.25, 0.3) is 0 Å². The van der Waals surface area contributed by atoms with Gasteiger partial charge in [-0.2, -0.15) is 0 Å². The van der Waals surface area contributed by atoms with E-state index < -0.39 is 73.8 Å². The van der Waals surface area contributed by atoms with Crippen LogP contribution in [-0.4, -0.2) is 145 Å². The van der Waals surface area contributed by atoms with Crippen LogP contribution in [0, 0.1) is 46.3 Å². The molecule has 3 aliphatic heterocycles. The second-order valence-electron chi connectivity index (χ2n) is 17.9. The number of ether oxygens (including phenoxy) is 5. The molecule has 7 aliphatic rings. The summed E-state index contributed by atoms with van der Waals surface area (Å²) in [5, 5.41) is 93.8. The summed E-state index contributed by atoms with van der Waals surface area (Å²) in [5.74, 6) is 0.0102. The van der Waals surface area contributed by atoms with E-state index in [0.717, 1.165) is 32.1 Å². The summed E-state index contributed by atoms with van der Waals surface area (Å²) < 4.78 is 29.9. The summed E-state index contributed by atoms with van der Waals surface area (Å²) >= 11 is 0. The first-order chi connectivity index (χ1) is 24.5. The Morgan fingerprint density at radius 2 is 1.60 bits per heavy atom. The van der Waals surface area contributed by atoms with Crippen LogP contribution in [0.3, 0.4) is 0 Å². The molecule has 3 saturated heterocycles. The SMILES string of the molecule is C=C(CC[C@@]1(O)O[C@H]2C[C@H]3[C@@H]4CC[C@H]5C[C@@H](O)C[C@@H](O[C@@H]6OC[C@H](O)[C@H](O)[C@H]6O)[C@]5(C)[C@H]4CC[C@]3(C)[C@H]2[C@@H]1C)CO[C@@H]1O[C@H](CO)[C@@H](O)[C@H](O)[C@H]1O. The Morgan fingerprint density at radius 3 is 2.33 bits per heavy atom. The van der Waals surface area contributed by atoms with Crippen LogP contribution in [0.15, 0.2) is 12.2 Å². The Balaban J connectivity index is 0.994. The van der Waals surface area contributed by atoms with Crippen LogP contribution in [0.5, 0.6) is 0 Å². The van der Waals surface area contributed by atoms with E-state index in [9.17, 15) is 46.0 Å². The quantitative estimate of drug-likeness (QED) is 0.141. The molecular weight excluding hydrogens is 680 g/mol. The van der Waals surface area contributed by atoms with Gasteiger partial charge in [0.1, 0.15) is 42.7 Å². The molecule has 0 amide bonds. The third-order valence-electron chi connectivity index (χ3n) is 15.3. The first-order valence-corrected chi connectivity index (χ1v) is 19.5. The van der Waals surface area contributed by atoms with Gasteiger partial charge in [0, 0.05) is 18.8 Å². The smallest absolute Gasteiger partial charge is 0.187 e. The lowest BCUT2D eigenvalue weighted by molar-refractivity contribution is -0.312. The zero-order valence-corrected chi connectivity index (χ0v) is 30.7. The number of hydrogen-bond acceptors (Lipinski definition) is 14. The number of rotatable bonds is 9. The van der Waals surface area contributed by atoms with Gasteiger partial charge in [0.2, 0.25) is 0 Å². The molecule has 52 heavy (non-hydrogen) atoms. The molecule has 14 nitrogen and oxygen atoms in total. The molecule has 0 aromatic carbocycles. The van der Waals surface area contributed by atoms with Crippen LogP contribution >= 0.6 is 0 Å². The molecule has 3 heterocycles. The molecule has 0 unspecified atom stereocenters. The van der Waals surface area contributed by atoms with Gasteiger partial charge < -0.3 is 69.6 Å². The van der Waals surface area contributed by atoms with Gasteiger partial charge in [-0.1, -0.05) is 32.9 Å². The highest BCUT2D eigenvalue weighted by Crippen LogP contribution is 2.71. The Morgan fingerprint density at radius 1 is 0.865 bits per heavy atom. The van der Waals surface area contributed by atoms with Crippen molar-refractivity contribution in [3.05, 3.63) is 12.2 Å². The maximum absolute atomic E-state index is 11.9. The summed E-state index contributed by atoms with van der Waals surface area (Å²) in [6.45, 7) is 10.1. The number of aliphatic hydroxyl groups is 9. The van der Waals surface area contributed by atoms with Crippen molar-refractivity contribution in [2.45, 2.75) is 158 Å². The highest BCUT2D eigenvalue weighted by molar-refractivity contribution is 5.16. The first kappa shape index (κ1) is 39.4. The minimum atomic E-state index is -1.53. The van der Waals surface area contributed by atoms with Crippen molar-refractivity contribution < 1.29 is 69.6 Å². The Hall–Kier alpha value is -0.820. The summed E-state index contributed by atoms with van der Waals surface area (Å²) in [6.07, 6.45) is -6.26. The van der Waals surface area contributed by atoms with Gasteiger partial charge in [-0.3, -0.25) is 0 Å². The third kappa shape index (κ3) is 6.44. The highest BCUT2D eigenvalue weighted by atomic mass is 16.7. The molecular formula is C38H62O14. The van der Waals surface area contributed by atoms with Crippen LogP contribution in [0.2, 0.25) is 0 Å². The van der Waals surface area contributed by atoms with Gasteiger partial charge in [0.05, 0.1) is 38.1 Å². The van der Waals surface area contributed by atoms with E-state index in [0.29, 0.717) is 49.0 Å². The van der Waals surface area contributed by atoms with E-state index in [-0.39, 0.29) is 54.0 Å². The minimum Gasteiger partial charge on any atom is -0.394 e. The topological polar surface area (TPSA) is 228 Å². The molecule has 0 spiro atoms. The molecule has 0 radical (unpaired) electrons. The fourth-order valence-electron chi connectivity index (χ4n) is 12.3. The van der Waals surface area contributed by atoms with E-state index in [1.165, 1.54) is 0 Å². The average Bonchev–Trinajstić information content (AvgIpc) is 3.55.